The van der Waals surface area contributed by atoms with Crippen molar-refractivity contribution in [2.45, 2.75) is 85.0 Å². The summed E-state index contributed by atoms with van der Waals surface area (Å²) < 4.78 is 5.35. The van der Waals surface area contributed by atoms with Gasteiger partial charge in [0.2, 0.25) is 11.8 Å². The number of carboxylic acid groups (broad SMARTS) is 1. The lowest BCUT2D eigenvalue weighted by molar-refractivity contribution is -0.150. The molecule has 4 N–H and O–H groups in total. The lowest BCUT2D eigenvalue weighted by Crippen LogP contribution is -2.61. The standard InChI is InChI=1S/C32H43N5O7/c1-7-24-14-13-23-12-10-22(17-27(23)34-24)11-15-25(20(5)44-21(6)38)29(39)35-28(18(2)3)30(40)33-19(4)31(41)37-16-8-9-26(36-37)32(42)43/h10-15,17-20,25-26,28,36H,7-9,16H2,1-6H3,(H,33,40)(H,35,39)(H,42,43). The Bertz CT molecular complexity index is 1410. The summed E-state index contributed by atoms with van der Waals surface area (Å²) in [4.78, 5) is 67.6. The summed E-state index contributed by atoms with van der Waals surface area (Å²) in [5.74, 6) is -4.47. The van der Waals surface area contributed by atoms with Crippen molar-refractivity contribution in [2.24, 2.45) is 11.8 Å². The first kappa shape index (κ1) is 34.2. The van der Waals surface area contributed by atoms with E-state index in [1.54, 1.807) is 32.9 Å². The van der Waals surface area contributed by atoms with Crippen molar-refractivity contribution >= 4 is 46.6 Å². The molecule has 12 heteroatoms. The van der Waals surface area contributed by atoms with Crippen molar-refractivity contribution in [1.29, 1.82) is 0 Å². The molecule has 1 saturated heterocycles. The number of pyridine rings is 1. The van der Waals surface area contributed by atoms with Crippen LogP contribution in [-0.4, -0.2) is 75.5 Å². The Morgan fingerprint density at radius 3 is 2.43 bits per heavy atom. The molecule has 5 unspecified atom stereocenters. The molecule has 0 spiro atoms. The van der Waals surface area contributed by atoms with Gasteiger partial charge < -0.3 is 20.5 Å². The van der Waals surface area contributed by atoms with Crippen LogP contribution in [0.5, 0.6) is 0 Å². The van der Waals surface area contributed by atoms with Crippen LogP contribution in [0.1, 0.15) is 65.6 Å². The van der Waals surface area contributed by atoms with Gasteiger partial charge in [0, 0.05) is 24.5 Å². The Kier molecular flexibility index (Phi) is 12.0. The number of hydrogen-bond donors (Lipinski definition) is 4. The maximum absolute atomic E-state index is 13.6. The van der Waals surface area contributed by atoms with E-state index in [1.807, 2.05) is 37.3 Å². The van der Waals surface area contributed by atoms with E-state index in [1.165, 1.54) is 18.9 Å². The molecule has 0 radical (unpaired) electrons. The van der Waals surface area contributed by atoms with Gasteiger partial charge in [-0.25, -0.2) is 5.43 Å². The highest BCUT2D eigenvalue weighted by atomic mass is 16.5. The number of aromatic nitrogens is 1. The van der Waals surface area contributed by atoms with Crippen LogP contribution in [0, 0.1) is 11.8 Å². The summed E-state index contributed by atoms with van der Waals surface area (Å²) >= 11 is 0. The zero-order chi connectivity index (χ0) is 32.6. The van der Waals surface area contributed by atoms with Gasteiger partial charge in [0.15, 0.2) is 0 Å². The molecule has 1 aromatic heterocycles. The quantitative estimate of drug-likeness (QED) is 0.265. The number of aryl methyl sites for hydroxylation is 1. The molecular formula is C32H43N5O7. The molecule has 0 saturated carbocycles. The highest BCUT2D eigenvalue weighted by Gasteiger charge is 2.34. The first-order valence-electron chi connectivity index (χ1n) is 15.0. The second kappa shape index (κ2) is 15.4. The van der Waals surface area contributed by atoms with Gasteiger partial charge >= 0.3 is 11.9 Å². The number of benzene rings is 1. The van der Waals surface area contributed by atoms with Crippen LogP contribution in [0.2, 0.25) is 0 Å². The molecule has 2 heterocycles. The van der Waals surface area contributed by atoms with Crippen LogP contribution in [-0.2, 0) is 35.1 Å². The van der Waals surface area contributed by atoms with Gasteiger partial charge in [-0.2, -0.15) is 0 Å². The number of amides is 3. The van der Waals surface area contributed by atoms with Crippen molar-refractivity contribution in [1.82, 2.24) is 26.1 Å². The van der Waals surface area contributed by atoms with E-state index in [2.05, 4.69) is 21.0 Å². The monoisotopic (exact) mass is 609 g/mol. The predicted molar refractivity (Wildman–Crippen MR) is 165 cm³/mol. The van der Waals surface area contributed by atoms with Crippen LogP contribution < -0.4 is 16.1 Å². The first-order chi connectivity index (χ1) is 20.8. The second-order valence-corrected chi connectivity index (χ2v) is 11.4. The van der Waals surface area contributed by atoms with Crippen LogP contribution in [0.3, 0.4) is 0 Å². The van der Waals surface area contributed by atoms with Gasteiger partial charge in [0.25, 0.3) is 5.91 Å². The van der Waals surface area contributed by atoms with Crippen LogP contribution in [0.15, 0.2) is 36.4 Å². The van der Waals surface area contributed by atoms with Crippen LogP contribution >= 0.6 is 0 Å². The Labute approximate surface area is 257 Å². The molecule has 1 fully saturated rings. The molecule has 1 aliphatic heterocycles. The maximum Gasteiger partial charge on any atom is 0.322 e. The SMILES string of the molecule is CCc1ccc2ccc(C=CC(C(=O)NC(C(=O)NC(C)C(=O)N3CCCC(C(=O)O)N3)C(C)C)C(C)OC(C)=O)cc2n1. The highest BCUT2D eigenvalue weighted by Crippen LogP contribution is 2.19. The van der Waals surface area contributed by atoms with Crippen LogP contribution in [0.25, 0.3) is 17.0 Å². The summed E-state index contributed by atoms with van der Waals surface area (Å²) in [7, 11) is 0. The molecule has 3 amide bonds. The summed E-state index contributed by atoms with van der Waals surface area (Å²) in [5.41, 5.74) is 5.27. The van der Waals surface area contributed by atoms with Gasteiger partial charge in [-0.05, 0) is 56.7 Å². The lowest BCUT2D eigenvalue weighted by Gasteiger charge is -2.34. The first-order valence-corrected chi connectivity index (χ1v) is 15.0. The van der Waals surface area contributed by atoms with Crippen molar-refractivity contribution in [3.63, 3.8) is 0 Å². The van der Waals surface area contributed by atoms with Crippen molar-refractivity contribution in [3.05, 3.63) is 47.7 Å². The Hall–Kier alpha value is -4.32. The fraction of sp³-hybridized carbons (Fsp3) is 0.500. The van der Waals surface area contributed by atoms with Crippen molar-refractivity contribution in [3.8, 4) is 0 Å². The third-order valence-corrected chi connectivity index (χ3v) is 7.52. The van der Waals surface area contributed by atoms with Gasteiger partial charge in [-0.3, -0.25) is 34.0 Å². The number of esters is 1. The predicted octanol–water partition coefficient (Wildman–Crippen LogP) is 2.60. The number of ether oxygens (including phenoxy) is 1. The van der Waals surface area contributed by atoms with Crippen molar-refractivity contribution in [2.75, 3.05) is 6.54 Å². The second-order valence-electron chi connectivity index (χ2n) is 11.4. The number of nitrogens with zero attached hydrogens (tertiary/aromatic N) is 2. The molecule has 3 rings (SSSR count). The fourth-order valence-electron chi connectivity index (χ4n) is 4.99. The Morgan fingerprint density at radius 1 is 1.09 bits per heavy atom. The smallest absolute Gasteiger partial charge is 0.322 e. The molecule has 1 aliphatic rings. The van der Waals surface area contributed by atoms with Crippen LogP contribution in [0.4, 0.5) is 0 Å². The Morgan fingerprint density at radius 2 is 1.80 bits per heavy atom. The maximum atomic E-state index is 13.6. The average molecular weight is 610 g/mol. The molecule has 44 heavy (non-hydrogen) atoms. The number of hydrazine groups is 1. The van der Waals surface area contributed by atoms with E-state index in [9.17, 15) is 29.1 Å². The minimum atomic E-state index is -1.06. The molecular weight excluding hydrogens is 566 g/mol. The van der Waals surface area contributed by atoms with Gasteiger partial charge in [0.05, 0.1) is 11.4 Å². The van der Waals surface area contributed by atoms with E-state index in [4.69, 9.17) is 4.74 Å². The summed E-state index contributed by atoms with van der Waals surface area (Å²) in [5, 5.41) is 16.9. The number of aliphatic carboxylic acids is 1. The number of carboxylic acids is 1. The van der Waals surface area contributed by atoms with E-state index in [0.29, 0.717) is 19.4 Å². The Balaban J connectivity index is 1.76. The number of hydrogen-bond acceptors (Lipinski definition) is 8. The normalized spacial score (nSPS) is 18.0. The largest absolute Gasteiger partial charge is 0.480 e. The molecule has 12 nitrogen and oxygen atoms in total. The van der Waals surface area contributed by atoms with E-state index < -0.39 is 59.8 Å². The molecule has 0 bridgehead atoms. The van der Waals surface area contributed by atoms with E-state index in [-0.39, 0.29) is 5.92 Å². The topological polar surface area (TPSA) is 167 Å². The van der Waals surface area contributed by atoms with E-state index >= 15 is 0 Å². The van der Waals surface area contributed by atoms with Gasteiger partial charge in [-0.1, -0.05) is 51.1 Å². The lowest BCUT2D eigenvalue weighted by atomic mass is 9.97. The van der Waals surface area contributed by atoms with Gasteiger partial charge in [-0.15, -0.1) is 0 Å². The average Bonchev–Trinajstić information content (AvgIpc) is 2.98. The summed E-state index contributed by atoms with van der Waals surface area (Å²) in [6.45, 7) is 10.2. The highest BCUT2D eigenvalue weighted by molar-refractivity contribution is 5.93. The zero-order valence-corrected chi connectivity index (χ0v) is 26.1. The van der Waals surface area contributed by atoms with E-state index in [0.717, 1.165) is 28.6 Å². The molecule has 0 aliphatic carbocycles. The number of fused-ring (bicyclic) bond motifs is 1. The third kappa shape index (κ3) is 9.09. The fourth-order valence-corrected chi connectivity index (χ4v) is 4.99. The summed E-state index contributed by atoms with van der Waals surface area (Å²) in [6.07, 6.45) is 4.25. The summed E-state index contributed by atoms with van der Waals surface area (Å²) in [6, 6.07) is 6.87. The minimum absolute atomic E-state index is 0.308. The minimum Gasteiger partial charge on any atom is -0.480 e. The number of carbonyl (C=O) groups excluding carboxylic acids is 4. The number of nitrogens with one attached hydrogen (secondary N) is 3. The number of carbonyl (C=O) groups is 5. The number of rotatable bonds is 12. The third-order valence-electron chi connectivity index (χ3n) is 7.52. The molecule has 1 aromatic carbocycles. The molecule has 5 atom stereocenters. The molecule has 238 valence electrons. The molecule has 2 aromatic rings. The van der Waals surface area contributed by atoms with Gasteiger partial charge in [0.1, 0.15) is 24.2 Å². The zero-order valence-electron chi connectivity index (χ0n) is 26.1. The van der Waals surface area contributed by atoms with Crippen molar-refractivity contribution < 1.29 is 33.8 Å².